The molecule has 0 saturated heterocycles. The van der Waals surface area contributed by atoms with Crippen molar-refractivity contribution in [1.82, 2.24) is 5.32 Å². The molecule has 0 fully saturated rings. The molecule has 0 spiro atoms. The molecule has 1 aromatic carbocycles. The second-order valence-corrected chi connectivity index (χ2v) is 5.86. The molecule has 0 aliphatic rings. The zero-order chi connectivity index (χ0) is 15.0. The summed E-state index contributed by atoms with van der Waals surface area (Å²) in [7, 11) is 0. The number of benzene rings is 1. The van der Waals surface area contributed by atoms with Crippen LogP contribution in [-0.4, -0.2) is 11.8 Å². The third kappa shape index (κ3) is 4.52. The molecule has 0 aliphatic carbocycles. The summed E-state index contributed by atoms with van der Waals surface area (Å²) >= 11 is 6.13. The Morgan fingerprint density at radius 1 is 1.20 bits per heavy atom. The lowest BCUT2D eigenvalue weighted by atomic mass is 9.91. The van der Waals surface area contributed by atoms with Gasteiger partial charge in [0.2, 0.25) is 5.91 Å². The maximum atomic E-state index is 12.5. The predicted molar refractivity (Wildman–Crippen MR) is 86.0 cm³/mol. The lowest BCUT2D eigenvalue weighted by Crippen LogP contribution is -2.47. The summed E-state index contributed by atoms with van der Waals surface area (Å²) in [6.45, 7) is 6.23. The molecule has 3 heteroatoms. The first-order chi connectivity index (χ1) is 9.57. The van der Waals surface area contributed by atoms with E-state index in [0.29, 0.717) is 5.88 Å². The average Bonchev–Trinajstić information content (AvgIpc) is 2.47. The standard InChI is InChI=1S/C17H26ClNO/c1-4-9-14(10-5-2)16(20)19-17(3,13-18)15-11-7-6-8-12-15/h6-8,11-12,14H,4-5,9-10,13H2,1-3H3,(H,19,20). The SMILES string of the molecule is CCCC(CCC)C(=O)NC(C)(CCl)c1ccccc1. The highest BCUT2D eigenvalue weighted by Crippen LogP contribution is 2.24. The molecule has 0 heterocycles. The van der Waals surface area contributed by atoms with Gasteiger partial charge in [0.1, 0.15) is 0 Å². The van der Waals surface area contributed by atoms with Gasteiger partial charge in [-0.25, -0.2) is 0 Å². The number of hydrogen-bond donors (Lipinski definition) is 1. The van der Waals surface area contributed by atoms with Crippen LogP contribution in [-0.2, 0) is 10.3 Å². The summed E-state index contributed by atoms with van der Waals surface area (Å²) in [6, 6.07) is 9.94. The number of halogens is 1. The summed E-state index contributed by atoms with van der Waals surface area (Å²) in [6.07, 6.45) is 3.93. The van der Waals surface area contributed by atoms with Gasteiger partial charge in [0.15, 0.2) is 0 Å². The summed E-state index contributed by atoms with van der Waals surface area (Å²) in [5.41, 5.74) is 0.551. The normalized spacial score (nSPS) is 14.1. The molecule has 20 heavy (non-hydrogen) atoms. The van der Waals surface area contributed by atoms with Crippen LogP contribution in [0.5, 0.6) is 0 Å². The minimum Gasteiger partial charge on any atom is -0.345 e. The summed E-state index contributed by atoms with van der Waals surface area (Å²) < 4.78 is 0. The number of alkyl halides is 1. The average molecular weight is 296 g/mol. The number of nitrogens with one attached hydrogen (secondary N) is 1. The van der Waals surface area contributed by atoms with E-state index in [1.165, 1.54) is 0 Å². The Bertz CT molecular complexity index is 401. The molecule has 0 saturated carbocycles. The van der Waals surface area contributed by atoms with Crippen LogP contribution in [0, 0.1) is 5.92 Å². The zero-order valence-electron chi connectivity index (χ0n) is 12.8. The topological polar surface area (TPSA) is 29.1 Å². The molecule has 0 aliphatic heterocycles. The van der Waals surface area contributed by atoms with Crippen LogP contribution in [0.4, 0.5) is 0 Å². The van der Waals surface area contributed by atoms with Crippen LogP contribution in [0.3, 0.4) is 0 Å². The maximum Gasteiger partial charge on any atom is 0.223 e. The molecule has 0 aromatic heterocycles. The maximum absolute atomic E-state index is 12.5. The van der Waals surface area contributed by atoms with Gasteiger partial charge in [-0.2, -0.15) is 0 Å². The van der Waals surface area contributed by atoms with Gasteiger partial charge in [0.05, 0.1) is 5.54 Å². The molecule has 112 valence electrons. The molecule has 1 amide bonds. The highest BCUT2D eigenvalue weighted by atomic mass is 35.5. The molecule has 1 rings (SSSR count). The van der Waals surface area contributed by atoms with E-state index in [1.54, 1.807) is 0 Å². The van der Waals surface area contributed by atoms with Gasteiger partial charge in [-0.3, -0.25) is 4.79 Å². The molecule has 1 atom stereocenters. The van der Waals surface area contributed by atoms with Crippen molar-refractivity contribution in [1.29, 1.82) is 0 Å². The second-order valence-electron chi connectivity index (χ2n) is 5.60. The molecule has 1 aromatic rings. The first kappa shape index (κ1) is 17.0. The number of hydrogen-bond acceptors (Lipinski definition) is 1. The molecule has 1 unspecified atom stereocenters. The highest BCUT2D eigenvalue weighted by molar-refractivity contribution is 6.18. The smallest absolute Gasteiger partial charge is 0.223 e. The van der Waals surface area contributed by atoms with Gasteiger partial charge in [-0.15, -0.1) is 11.6 Å². The van der Waals surface area contributed by atoms with Gasteiger partial charge < -0.3 is 5.32 Å². The lowest BCUT2D eigenvalue weighted by Gasteiger charge is -2.31. The minimum absolute atomic E-state index is 0.0938. The molecule has 0 radical (unpaired) electrons. The Labute approximate surface area is 127 Å². The van der Waals surface area contributed by atoms with Gasteiger partial charge in [-0.05, 0) is 25.3 Å². The van der Waals surface area contributed by atoms with Crippen LogP contribution >= 0.6 is 11.6 Å². The fourth-order valence-corrected chi connectivity index (χ4v) is 2.69. The molecule has 2 nitrogen and oxygen atoms in total. The van der Waals surface area contributed by atoms with Crippen molar-refractivity contribution in [3.8, 4) is 0 Å². The monoisotopic (exact) mass is 295 g/mol. The highest BCUT2D eigenvalue weighted by Gasteiger charge is 2.30. The van der Waals surface area contributed by atoms with Crippen molar-refractivity contribution in [2.24, 2.45) is 5.92 Å². The van der Waals surface area contributed by atoms with Crippen molar-refractivity contribution >= 4 is 17.5 Å². The second kappa shape index (κ2) is 8.31. The third-order valence-electron chi connectivity index (χ3n) is 3.72. The largest absolute Gasteiger partial charge is 0.345 e. The predicted octanol–water partition coefficient (Wildman–Crippen LogP) is 4.47. The van der Waals surface area contributed by atoms with E-state index in [-0.39, 0.29) is 11.8 Å². The third-order valence-corrected chi connectivity index (χ3v) is 4.26. The van der Waals surface area contributed by atoms with Gasteiger partial charge in [0.25, 0.3) is 0 Å². The van der Waals surface area contributed by atoms with E-state index >= 15 is 0 Å². The minimum atomic E-state index is -0.500. The van der Waals surface area contributed by atoms with Crippen molar-refractivity contribution in [2.45, 2.75) is 52.0 Å². The Hall–Kier alpha value is -1.02. The molecule has 1 N–H and O–H groups in total. The zero-order valence-corrected chi connectivity index (χ0v) is 13.5. The molecular formula is C17H26ClNO. The van der Waals surface area contributed by atoms with Crippen LogP contribution in [0.25, 0.3) is 0 Å². The number of carbonyl (C=O) groups excluding carboxylic acids is 1. The van der Waals surface area contributed by atoms with E-state index in [0.717, 1.165) is 31.2 Å². The molecular weight excluding hydrogens is 270 g/mol. The summed E-state index contributed by atoms with van der Waals surface area (Å²) in [4.78, 5) is 12.5. The summed E-state index contributed by atoms with van der Waals surface area (Å²) in [5.74, 6) is 0.588. The van der Waals surface area contributed by atoms with Crippen molar-refractivity contribution < 1.29 is 4.79 Å². The van der Waals surface area contributed by atoms with Crippen molar-refractivity contribution in [3.63, 3.8) is 0 Å². The van der Waals surface area contributed by atoms with E-state index < -0.39 is 5.54 Å². The van der Waals surface area contributed by atoms with Gasteiger partial charge in [0, 0.05) is 11.8 Å². The Morgan fingerprint density at radius 2 is 1.75 bits per heavy atom. The quantitative estimate of drug-likeness (QED) is 0.704. The van der Waals surface area contributed by atoms with Crippen LogP contribution in [0.2, 0.25) is 0 Å². The Balaban J connectivity index is 2.83. The first-order valence-electron chi connectivity index (χ1n) is 7.51. The Morgan fingerprint density at radius 3 is 2.20 bits per heavy atom. The van der Waals surface area contributed by atoms with Gasteiger partial charge >= 0.3 is 0 Å². The lowest BCUT2D eigenvalue weighted by molar-refractivity contribution is -0.127. The van der Waals surface area contributed by atoms with Crippen molar-refractivity contribution in [3.05, 3.63) is 35.9 Å². The van der Waals surface area contributed by atoms with Crippen LogP contribution in [0.15, 0.2) is 30.3 Å². The van der Waals surface area contributed by atoms with E-state index in [1.807, 2.05) is 37.3 Å². The summed E-state index contributed by atoms with van der Waals surface area (Å²) in [5, 5.41) is 3.16. The van der Waals surface area contributed by atoms with E-state index in [9.17, 15) is 4.79 Å². The number of carbonyl (C=O) groups is 1. The van der Waals surface area contributed by atoms with E-state index in [2.05, 4.69) is 19.2 Å². The van der Waals surface area contributed by atoms with Crippen molar-refractivity contribution in [2.75, 3.05) is 5.88 Å². The number of amides is 1. The number of rotatable bonds is 8. The fourth-order valence-electron chi connectivity index (χ4n) is 2.47. The van der Waals surface area contributed by atoms with E-state index in [4.69, 9.17) is 11.6 Å². The van der Waals surface area contributed by atoms with Gasteiger partial charge in [-0.1, -0.05) is 57.0 Å². The van der Waals surface area contributed by atoms with Crippen LogP contribution in [0.1, 0.15) is 52.0 Å². The Kier molecular flexibility index (Phi) is 7.08. The molecule has 0 bridgehead atoms. The first-order valence-corrected chi connectivity index (χ1v) is 8.04. The fraction of sp³-hybridized carbons (Fsp3) is 0.588. The van der Waals surface area contributed by atoms with Crippen LogP contribution < -0.4 is 5.32 Å².